The third kappa shape index (κ3) is 3.48. The number of hydrogen-bond acceptors (Lipinski definition) is 4. The molecule has 0 radical (unpaired) electrons. The summed E-state index contributed by atoms with van der Waals surface area (Å²) in [6.07, 6.45) is 0.668. The highest BCUT2D eigenvalue weighted by molar-refractivity contribution is 5.82. The normalized spacial score (nSPS) is 9.53. The molecule has 0 unspecified atom stereocenters. The molecule has 0 aliphatic heterocycles. The van der Waals surface area contributed by atoms with Gasteiger partial charge in [0.15, 0.2) is 24.4 Å². The van der Waals surface area contributed by atoms with Crippen LogP contribution in [0.15, 0.2) is 18.2 Å². The molecule has 0 saturated heterocycles. The van der Waals surface area contributed by atoms with Gasteiger partial charge < -0.3 is 14.8 Å². The molecule has 1 rings (SSSR count). The van der Waals surface area contributed by atoms with Crippen molar-refractivity contribution in [1.29, 1.82) is 0 Å². The Bertz CT molecular complexity index is 403. The highest BCUT2D eigenvalue weighted by atomic mass is 16.5. The summed E-state index contributed by atoms with van der Waals surface area (Å²) in [6, 6.07) is 4.99. The Labute approximate surface area is 99.7 Å². The first-order valence-electron chi connectivity index (χ1n) is 5.27. The number of amides is 1. The van der Waals surface area contributed by atoms with Gasteiger partial charge in [-0.2, -0.15) is 0 Å². The lowest BCUT2D eigenvalue weighted by Gasteiger charge is -2.12. The second-order valence-corrected chi connectivity index (χ2v) is 3.19. The molecule has 5 heteroatoms. The maximum absolute atomic E-state index is 11.1. The van der Waals surface area contributed by atoms with Crippen molar-refractivity contribution in [1.82, 2.24) is 5.32 Å². The number of benzene rings is 1. The summed E-state index contributed by atoms with van der Waals surface area (Å²) >= 11 is 0. The summed E-state index contributed by atoms with van der Waals surface area (Å²) in [5.74, 6) is 0.488. The molecule has 0 aliphatic carbocycles. The molecule has 0 heterocycles. The van der Waals surface area contributed by atoms with Gasteiger partial charge in [-0.25, -0.2) is 0 Å². The SMILES string of the molecule is CCOc1cccc(C=O)c1OCC(=O)NC. The van der Waals surface area contributed by atoms with Crippen LogP contribution in [0.25, 0.3) is 0 Å². The molecule has 1 amide bonds. The molecule has 0 atom stereocenters. The van der Waals surface area contributed by atoms with E-state index in [1.54, 1.807) is 18.2 Å². The van der Waals surface area contributed by atoms with E-state index >= 15 is 0 Å². The topological polar surface area (TPSA) is 64.6 Å². The standard InChI is InChI=1S/C12H15NO4/c1-3-16-10-6-4-5-9(7-14)12(10)17-8-11(15)13-2/h4-7H,3,8H2,1-2H3,(H,13,15). The van der Waals surface area contributed by atoms with Gasteiger partial charge in [0.25, 0.3) is 5.91 Å². The highest BCUT2D eigenvalue weighted by Gasteiger charge is 2.11. The Morgan fingerprint density at radius 2 is 2.18 bits per heavy atom. The first kappa shape index (κ1) is 13.0. The smallest absolute Gasteiger partial charge is 0.257 e. The molecule has 0 spiro atoms. The molecule has 17 heavy (non-hydrogen) atoms. The van der Waals surface area contributed by atoms with Gasteiger partial charge in [-0.05, 0) is 19.1 Å². The van der Waals surface area contributed by atoms with Crippen LogP contribution in [0.1, 0.15) is 17.3 Å². The van der Waals surface area contributed by atoms with E-state index in [9.17, 15) is 9.59 Å². The largest absolute Gasteiger partial charge is 0.490 e. The molecule has 1 N–H and O–H groups in total. The third-order valence-electron chi connectivity index (χ3n) is 2.06. The van der Waals surface area contributed by atoms with Crippen LogP contribution >= 0.6 is 0 Å². The minimum atomic E-state index is -0.270. The van der Waals surface area contributed by atoms with Crippen LogP contribution in [-0.4, -0.2) is 32.5 Å². The number of carbonyl (C=O) groups excluding carboxylic acids is 2. The second-order valence-electron chi connectivity index (χ2n) is 3.19. The summed E-state index contributed by atoms with van der Waals surface area (Å²) in [5.41, 5.74) is 0.361. The predicted octanol–water partition coefficient (Wildman–Crippen LogP) is 1.02. The van der Waals surface area contributed by atoms with E-state index in [0.717, 1.165) is 0 Å². The zero-order valence-corrected chi connectivity index (χ0v) is 9.86. The Morgan fingerprint density at radius 1 is 1.41 bits per heavy atom. The lowest BCUT2D eigenvalue weighted by atomic mass is 10.2. The summed E-state index contributed by atoms with van der Waals surface area (Å²) in [7, 11) is 1.51. The van der Waals surface area contributed by atoms with E-state index in [-0.39, 0.29) is 12.5 Å². The fourth-order valence-electron chi connectivity index (χ4n) is 1.26. The van der Waals surface area contributed by atoms with Crippen LogP contribution < -0.4 is 14.8 Å². The van der Waals surface area contributed by atoms with Crippen molar-refractivity contribution in [3.63, 3.8) is 0 Å². The van der Waals surface area contributed by atoms with Crippen molar-refractivity contribution >= 4 is 12.2 Å². The van der Waals surface area contributed by atoms with Gasteiger partial charge in [0.1, 0.15) is 0 Å². The van der Waals surface area contributed by atoms with Crippen molar-refractivity contribution in [3.05, 3.63) is 23.8 Å². The lowest BCUT2D eigenvalue weighted by molar-refractivity contribution is -0.122. The number of hydrogen-bond donors (Lipinski definition) is 1. The monoisotopic (exact) mass is 237 g/mol. The average molecular weight is 237 g/mol. The van der Waals surface area contributed by atoms with E-state index in [1.165, 1.54) is 7.05 Å². The number of ether oxygens (including phenoxy) is 2. The maximum Gasteiger partial charge on any atom is 0.257 e. The average Bonchev–Trinajstić information content (AvgIpc) is 2.36. The van der Waals surface area contributed by atoms with Crippen LogP contribution in [0.2, 0.25) is 0 Å². The molecule has 0 aromatic heterocycles. The third-order valence-corrected chi connectivity index (χ3v) is 2.06. The summed E-state index contributed by atoms with van der Waals surface area (Å²) in [5, 5.41) is 2.43. The van der Waals surface area contributed by atoms with Gasteiger partial charge in [-0.3, -0.25) is 9.59 Å². The fourth-order valence-corrected chi connectivity index (χ4v) is 1.26. The van der Waals surface area contributed by atoms with E-state index in [4.69, 9.17) is 9.47 Å². The van der Waals surface area contributed by atoms with Crippen LogP contribution in [0.4, 0.5) is 0 Å². The van der Waals surface area contributed by atoms with Crippen molar-refractivity contribution < 1.29 is 19.1 Å². The maximum atomic E-state index is 11.1. The predicted molar refractivity (Wildman–Crippen MR) is 62.6 cm³/mol. The number of likely N-dealkylation sites (N-methyl/N-ethyl adjacent to an activating group) is 1. The molecule has 92 valence electrons. The number of carbonyl (C=O) groups is 2. The molecule has 5 nitrogen and oxygen atoms in total. The number of nitrogens with one attached hydrogen (secondary N) is 1. The second kappa shape index (κ2) is 6.52. The first-order chi connectivity index (χ1) is 8.22. The van der Waals surface area contributed by atoms with Gasteiger partial charge in [0, 0.05) is 7.05 Å². The quantitative estimate of drug-likeness (QED) is 0.750. The van der Waals surface area contributed by atoms with Crippen LogP contribution in [-0.2, 0) is 4.79 Å². The van der Waals surface area contributed by atoms with Crippen molar-refractivity contribution in [2.24, 2.45) is 0 Å². The van der Waals surface area contributed by atoms with Gasteiger partial charge in [-0.15, -0.1) is 0 Å². The van der Waals surface area contributed by atoms with Gasteiger partial charge in [-0.1, -0.05) is 6.07 Å². The summed E-state index contributed by atoms with van der Waals surface area (Å²) in [6.45, 7) is 2.14. The number of rotatable bonds is 6. The van der Waals surface area contributed by atoms with Crippen LogP contribution in [0, 0.1) is 0 Å². The molecule has 1 aromatic carbocycles. The first-order valence-corrected chi connectivity index (χ1v) is 5.27. The molecule has 0 bridgehead atoms. The van der Waals surface area contributed by atoms with E-state index < -0.39 is 0 Å². The van der Waals surface area contributed by atoms with E-state index in [2.05, 4.69) is 5.32 Å². The molecule has 0 aliphatic rings. The Kier molecular flexibility index (Phi) is 5.00. The van der Waals surface area contributed by atoms with Gasteiger partial charge in [0.05, 0.1) is 12.2 Å². The fraction of sp³-hybridized carbons (Fsp3) is 0.333. The highest BCUT2D eigenvalue weighted by Crippen LogP contribution is 2.30. The molecular weight excluding hydrogens is 222 g/mol. The molecule has 0 fully saturated rings. The van der Waals surface area contributed by atoms with E-state index in [1.807, 2.05) is 6.92 Å². The zero-order chi connectivity index (χ0) is 12.7. The van der Waals surface area contributed by atoms with E-state index in [0.29, 0.717) is 30.0 Å². The van der Waals surface area contributed by atoms with Crippen LogP contribution in [0.3, 0.4) is 0 Å². The van der Waals surface area contributed by atoms with Crippen molar-refractivity contribution in [2.75, 3.05) is 20.3 Å². The van der Waals surface area contributed by atoms with Gasteiger partial charge in [0.2, 0.25) is 0 Å². The minimum Gasteiger partial charge on any atom is -0.490 e. The van der Waals surface area contributed by atoms with Gasteiger partial charge >= 0.3 is 0 Å². The Hall–Kier alpha value is -2.04. The van der Waals surface area contributed by atoms with Crippen molar-refractivity contribution in [3.8, 4) is 11.5 Å². The number of para-hydroxylation sites is 1. The van der Waals surface area contributed by atoms with Crippen LogP contribution in [0.5, 0.6) is 11.5 Å². The summed E-state index contributed by atoms with van der Waals surface area (Å²) in [4.78, 5) is 22.0. The molecule has 1 aromatic rings. The Balaban J connectivity index is 2.92. The minimum absolute atomic E-state index is 0.151. The van der Waals surface area contributed by atoms with Crippen molar-refractivity contribution in [2.45, 2.75) is 6.92 Å². The zero-order valence-electron chi connectivity index (χ0n) is 9.86. The molecule has 0 saturated carbocycles. The lowest BCUT2D eigenvalue weighted by Crippen LogP contribution is -2.25. The Morgan fingerprint density at radius 3 is 2.76 bits per heavy atom. The summed E-state index contributed by atoms with van der Waals surface area (Å²) < 4.78 is 10.6. The molecular formula is C12H15NO4. The number of aldehydes is 1.